The van der Waals surface area contributed by atoms with Crippen molar-refractivity contribution in [3.63, 3.8) is 0 Å². The normalized spacial score (nSPS) is 12.1. The fourth-order valence-corrected chi connectivity index (χ4v) is 1.70. The van der Waals surface area contributed by atoms with E-state index in [1.807, 2.05) is 6.07 Å². The highest BCUT2D eigenvalue weighted by Crippen LogP contribution is 2.21. The summed E-state index contributed by atoms with van der Waals surface area (Å²) >= 11 is 0. The Morgan fingerprint density at radius 3 is 3.00 bits per heavy atom. The summed E-state index contributed by atoms with van der Waals surface area (Å²) in [4.78, 5) is 3.91. The number of aliphatic hydroxyl groups is 1. The predicted octanol–water partition coefficient (Wildman–Crippen LogP) is 0.875. The van der Waals surface area contributed by atoms with Crippen LogP contribution in [0.25, 0.3) is 5.69 Å². The first-order chi connectivity index (χ1) is 8.69. The zero-order valence-corrected chi connectivity index (χ0v) is 9.42. The first-order valence-electron chi connectivity index (χ1n) is 5.26. The molecule has 1 aromatic carbocycles. The molecule has 6 heteroatoms. The van der Waals surface area contributed by atoms with Crippen molar-refractivity contribution >= 4 is 0 Å². The van der Waals surface area contributed by atoms with E-state index in [1.165, 1.54) is 29.2 Å². The Balaban J connectivity index is 2.60. The minimum Gasteiger partial charge on any atom is -0.394 e. The molecule has 1 heterocycles. The molecule has 0 saturated carbocycles. The van der Waals surface area contributed by atoms with Gasteiger partial charge >= 0.3 is 0 Å². The van der Waals surface area contributed by atoms with E-state index in [4.69, 9.17) is 16.1 Å². The Hall–Kier alpha value is -2.23. The van der Waals surface area contributed by atoms with E-state index in [9.17, 15) is 4.39 Å². The largest absolute Gasteiger partial charge is 0.394 e. The standard InChI is InChI=1S/C12H11FN4O/c13-9-2-1-3-11(8(9)4-14)17-7-16-5-12(17)10(15)6-18/h1-3,5,7,10,18H,6,15H2. The molecule has 92 valence electrons. The van der Waals surface area contributed by atoms with Crippen LogP contribution in [0, 0.1) is 17.1 Å². The Morgan fingerprint density at radius 1 is 1.56 bits per heavy atom. The van der Waals surface area contributed by atoms with Crippen LogP contribution in [0.4, 0.5) is 4.39 Å². The summed E-state index contributed by atoms with van der Waals surface area (Å²) in [5, 5.41) is 18.0. The second-order valence-corrected chi connectivity index (χ2v) is 3.72. The number of halogens is 1. The van der Waals surface area contributed by atoms with Crippen LogP contribution in [0.1, 0.15) is 17.3 Å². The molecule has 1 unspecified atom stereocenters. The van der Waals surface area contributed by atoms with Gasteiger partial charge in [0.05, 0.1) is 36.6 Å². The minimum absolute atomic E-state index is 0.0816. The lowest BCUT2D eigenvalue weighted by Crippen LogP contribution is -2.18. The van der Waals surface area contributed by atoms with E-state index in [1.54, 1.807) is 6.07 Å². The third-order valence-corrected chi connectivity index (χ3v) is 2.61. The monoisotopic (exact) mass is 246 g/mol. The third-order valence-electron chi connectivity index (χ3n) is 2.61. The number of nitrogens with zero attached hydrogens (tertiary/aromatic N) is 3. The van der Waals surface area contributed by atoms with Crippen LogP contribution in [0.2, 0.25) is 0 Å². The smallest absolute Gasteiger partial charge is 0.143 e. The molecule has 0 aliphatic carbocycles. The Bertz CT molecular complexity index is 602. The number of benzene rings is 1. The van der Waals surface area contributed by atoms with Crippen molar-refractivity contribution in [3.8, 4) is 11.8 Å². The zero-order chi connectivity index (χ0) is 13.1. The van der Waals surface area contributed by atoms with Crippen LogP contribution < -0.4 is 5.73 Å². The van der Waals surface area contributed by atoms with Crippen LogP contribution in [0.15, 0.2) is 30.7 Å². The minimum atomic E-state index is -0.637. The SMILES string of the molecule is N#Cc1c(F)cccc1-n1cncc1C(N)CO. The molecular weight excluding hydrogens is 235 g/mol. The number of aromatic nitrogens is 2. The topological polar surface area (TPSA) is 87.9 Å². The van der Waals surface area contributed by atoms with Crippen LogP contribution >= 0.6 is 0 Å². The molecule has 2 rings (SSSR count). The maximum absolute atomic E-state index is 13.5. The van der Waals surface area contributed by atoms with Crippen molar-refractivity contribution < 1.29 is 9.50 Å². The summed E-state index contributed by atoms with van der Waals surface area (Å²) in [6.07, 6.45) is 2.91. The van der Waals surface area contributed by atoms with E-state index in [-0.39, 0.29) is 12.2 Å². The molecule has 0 radical (unpaired) electrons. The quantitative estimate of drug-likeness (QED) is 0.841. The number of aliphatic hydroxyl groups excluding tert-OH is 1. The average molecular weight is 246 g/mol. The van der Waals surface area contributed by atoms with Crippen molar-refractivity contribution in [3.05, 3.63) is 47.8 Å². The lowest BCUT2D eigenvalue weighted by molar-refractivity contribution is 0.265. The van der Waals surface area contributed by atoms with E-state index >= 15 is 0 Å². The van der Waals surface area contributed by atoms with Gasteiger partial charge < -0.3 is 15.4 Å². The van der Waals surface area contributed by atoms with Gasteiger partial charge in [-0.2, -0.15) is 5.26 Å². The summed E-state index contributed by atoms with van der Waals surface area (Å²) < 4.78 is 15.0. The number of hydrogen-bond donors (Lipinski definition) is 2. The van der Waals surface area contributed by atoms with Crippen molar-refractivity contribution in [1.29, 1.82) is 5.26 Å². The van der Waals surface area contributed by atoms with Gasteiger partial charge in [-0.05, 0) is 12.1 Å². The van der Waals surface area contributed by atoms with Crippen LogP contribution in [-0.2, 0) is 0 Å². The lowest BCUT2D eigenvalue weighted by Gasteiger charge is -2.13. The molecule has 0 amide bonds. The number of rotatable bonds is 3. The molecule has 1 atom stereocenters. The first kappa shape index (κ1) is 12.2. The lowest BCUT2D eigenvalue weighted by atomic mass is 10.1. The predicted molar refractivity (Wildman–Crippen MR) is 62.3 cm³/mol. The van der Waals surface area contributed by atoms with Crippen molar-refractivity contribution in [2.75, 3.05) is 6.61 Å². The van der Waals surface area contributed by atoms with Crippen LogP contribution in [0.3, 0.4) is 0 Å². The number of imidazole rings is 1. The van der Waals surface area contributed by atoms with Gasteiger partial charge in [0.1, 0.15) is 17.4 Å². The van der Waals surface area contributed by atoms with Crippen molar-refractivity contribution in [1.82, 2.24) is 9.55 Å². The molecule has 0 bridgehead atoms. The molecule has 2 aromatic rings. The Kier molecular flexibility index (Phi) is 3.37. The number of nitrogens with two attached hydrogens (primary N) is 1. The Morgan fingerprint density at radius 2 is 2.33 bits per heavy atom. The summed E-state index contributed by atoms with van der Waals surface area (Å²) in [5.74, 6) is -0.604. The van der Waals surface area contributed by atoms with Crippen molar-refractivity contribution in [2.45, 2.75) is 6.04 Å². The molecule has 18 heavy (non-hydrogen) atoms. The second-order valence-electron chi connectivity index (χ2n) is 3.72. The molecule has 0 fully saturated rings. The van der Waals surface area contributed by atoms with E-state index in [0.29, 0.717) is 11.4 Å². The molecule has 5 nitrogen and oxygen atoms in total. The zero-order valence-electron chi connectivity index (χ0n) is 9.42. The maximum atomic E-state index is 13.5. The van der Waals surface area contributed by atoms with Gasteiger partial charge in [-0.15, -0.1) is 0 Å². The second kappa shape index (κ2) is 4.96. The Labute approximate surface area is 103 Å². The fourth-order valence-electron chi connectivity index (χ4n) is 1.70. The molecule has 0 saturated heterocycles. The van der Waals surface area contributed by atoms with Gasteiger partial charge in [-0.3, -0.25) is 0 Å². The van der Waals surface area contributed by atoms with Gasteiger partial charge in [0.25, 0.3) is 0 Å². The average Bonchev–Trinajstić information content (AvgIpc) is 2.86. The molecular formula is C12H11FN4O. The fraction of sp³-hybridized carbons (Fsp3) is 0.167. The van der Waals surface area contributed by atoms with E-state index < -0.39 is 11.9 Å². The van der Waals surface area contributed by atoms with Gasteiger partial charge in [-0.1, -0.05) is 6.07 Å². The number of hydrogen-bond acceptors (Lipinski definition) is 4. The first-order valence-corrected chi connectivity index (χ1v) is 5.26. The van der Waals surface area contributed by atoms with Gasteiger partial charge in [0.15, 0.2) is 0 Å². The summed E-state index contributed by atoms with van der Waals surface area (Å²) in [6, 6.07) is 5.48. The highest BCUT2D eigenvalue weighted by molar-refractivity contribution is 5.50. The summed E-state index contributed by atoms with van der Waals surface area (Å²) in [6.45, 7) is -0.261. The molecule has 0 spiro atoms. The van der Waals surface area contributed by atoms with Gasteiger partial charge in [0, 0.05) is 0 Å². The summed E-state index contributed by atoms with van der Waals surface area (Å²) in [7, 11) is 0. The van der Waals surface area contributed by atoms with E-state index in [0.717, 1.165) is 0 Å². The highest BCUT2D eigenvalue weighted by Gasteiger charge is 2.15. The van der Waals surface area contributed by atoms with Crippen LogP contribution in [-0.4, -0.2) is 21.3 Å². The van der Waals surface area contributed by atoms with Crippen molar-refractivity contribution in [2.24, 2.45) is 5.73 Å². The van der Waals surface area contributed by atoms with Gasteiger partial charge in [0.2, 0.25) is 0 Å². The molecule has 0 aliphatic heterocycles. The molecule has 1 aromatic heterocycles. The number of nitriles is 1. The summed E-state index contributed by atoms with van der Waals surface area (Å²) in [5.41, 5.74) is 6.51. The highest BCUT2D eigenvalue weighted by atomic mass is 19.1. The maximum Gasteiger partial charge on any atom is 0.143 e. The molecule has 3 N–H and O–H groups in total. The van der Waals surface area contributed by atoms with E-state index in [2.05, 4.69) is 4.98 Å². The van der Waals surface area contributed by atoms with Crippen LogP contribution in [0.5, 0.6) is 0 Å². The third kappa shape index (κ3) is 1.97. The van der Waals surface area contributed by atoms with Gasteiger partial charge in [-0.25, -0.2) is 9.37 Å². The molecule has 0 aliphatic rings.